The van der Waals surface area contributed by atoms with Gasteiger partial charge in [0.25, 0.3) is 0 Å². The van der Waals surface area contributed by atoms with Crippen LogP contribution in [0.3, 0.4) is 0 Å². The Bertz CT molecular complexity index is 391. The van der Waals surface area contributed by atoms with Crippen LogP contribution < -0.4 is 0 Å². The van der Waals surface area contributed by atoms with Crippen LogP contribution in [-0.4, -0.2) is 38.8 Å². The van der Waals surface area contributed by atoms with Gasteiger partial charge in [-0.2, -0.15) is 0 Å². The van der Waals surface area contributed by atoms with E-state index in [0.29, 0.717) is 6.26 Å². The molecule has 1 fully saturated rings. The summed E-state index contributed by atoms with van der Waals surface area (Å²) < 4.78 is 0. The highest BCUT2D eigenvalue weighted by Gasteiger charge is 2.47. The molecule has 1 saturated carbocycles. The maximum absolute atomic E-state index is 11.3. The summed E-state index contributed by atoms with van der Waals surface area (Å²) in [6, 6.07) is 0. The molecule has 15 heavy (non-hydrogen) atoms. The Morgan fingerprint density at radius 1 is 1.20 bits per heavy atom. The first-order chi connectivity index (χ1) is 7.00. The lowest BCUT2D eigenvalue weighted by molar-refractivity contribution is -0.143. The normalized spacial score (nSPS) is 32.3. The molecule has 0 aromatic carbocycles. The molecule has 1 aliphatic carbocycles. The lowest BCUT2D eigenvalue weighted by atomic mass is 9.78. The molecule has 0 saturated heterocycles. The molecule has 0 aromatic heterocycles. The van der Waals surface area contributed by atoms with E-state index in [1.54, 1.807) is 0 Å². The fourth-order valence-electron chi connectivity index (χ4n) is 1.28. The Balaban J connectivity index is 3.30. The highest BCUT2D eigenvalue weighted by atomic mass is 16.3. The van der Waals surface area contributed by atoms with Crippen LogP contribution >= 0.6 is 0 Å². The molecule has 1 atom stereocenters. The van der Waals surface area contributed by atoms with Crippen molar-refractivity contribution in [2.24, 2.45) is 0 Å². The lowest BCUT2D eigenvalue weighted by Gasteiger charge is -2.26. The summed E-state index contributed by atoms with van der Waals surface area (Å²) in [6.07, 6.45) is -0.0225. The Morgan fingerprint density at radius 2 is 1.80 bits per heavy atom. The zero-order chi connectivity index (χ0) is 11.6. The van der Waals surface area contributed by atoms with E-state index in [9.17, 15) is 19.5 Å². The summed E-state index contributed by atoms with van der Waals surface area (Å²) in [5.41, 5.74) is -3.43. The number of carbonyl (C=O) groups excluding carboxylic acids is 3. The van der Waals surface area contributed by atoms with Crippen LogP contribution in [0.25, 0.3) is 0 Å². The first-order valence-electron chi connectivity index (χ1n) is 3.96. The SMILES string of the molecule is O=CC1(O)C/C(=C/O)C(=O)/C(=C/O)C1=O. The van der Waals surface area contributed by atoms with E-state index in [4.69, 9.17) is 10.2 Å². The standard InChI is InChI=1S/C9H8O6/c10-2-5-1-9(15,4-12)8(14)6(3-11)7(5)13/h2-4,10-11,15H,1H2/b5-2-,6-3-. The van der Waals surface area contributed by atoms with Gasteiger partial charge in [-0.3, -0.25) is 14.4 Å². The molecule has 0 aromatic rings. The summed E-state index contributed by atoms with van der Waals surface area (Å²) in [4.78, 5) is 33.2. The monoisotopic (exact) mass is 212 g/mol. The topological polar surface area (TPSA) is 112 Å². The van der Waals surface area contributed by atoms with E-state index in [0.717, 1.165) is 0 Å². The van der Waals surface area contributed by atoms with Gasteiger partial charge in [0, 0.05) is 12.0 Å². The fraction of sp³-hybridized carbons (Fsp3) is 0.222. The highest BCUT2D eigenvalue weighted by Crippen LogP contribution is 2.28. The van der Waals surface area contributed by atoms with Crippen molar-refractivity contribution in [1.82, 2.24) is 0 Å². The molecule has 0 bridgehead atoms. The molecular formula is C9H8O6. The minimum atomic E-state index is -2.39. The summed E-state index contributed by atoms with van der Waals surface area (Å²) in [7, 11) is 0. The van der Waals surface area contributed by atoms with Crippen molar-refractivity contribution in [3.63, 3.8) is 0 Å². The van der Waals surface area contributed by atoms with Gasteiger partial charge >= 0.3 is 0 Å². The average molecular weight is 212 g/mol. The molecule has 0 heterocycles. The maximum atomic E-state index is 11.3. The van der Waals surface area contributed by atoms with Gasteiger partial charge in [-0.15, -0.1) is 0 Å². The number of Topliss-reactive ketones (excluding diaryl/α,β-unsaturated/α-hetero) is 2. The van der Waals surface area contributed by atoms with Gasteiger partial charge in [0.15, 0.2) is 17.7 Å². The second kappa shape index (κ2) is 3.66. The quantitative estimate of drug-likeness (QED) is 0.175. The third kappa shape index (κ3) is 1.55. The summed E-state index contributed by atoms with van der Waals surface area (Å²) in [5, 5.41) is 26.8. The summed E-state index contributed by atoms with van der Waals surface area (Å²) in [5.74, 6) is -2.08. The smallest absolute Gasteiger partial charge is 0.209 e. The second-order valence-electron chi connectivity index (χ2n) is 3.07. The minimum Gasteiger partial charge on any atom is -0.515 e. The van der Waals surface area contributed by atoms with Crippen molar-refractivity contribution in [3.8, 4) is 0 Å². The third-order valence-electron chi connectivity index (χ3n) is 2.11. The number of hydrogen-bond acceptors (Lipinski definition) is 6. The number of hydrogen-bond donors (Lipinski definition) is 3. The van der Waals surface area contributed by atoms with Crippen LogP contribution in [0, 0.1) is 0 Å². The van der Waals surface area contributed by atoms with Gasteiger partial charge in [0.1, 0.15) is 5.57 Å². The van der Waals surface area contributed by atoms with E-state index < -0.39 is 29.2 Å². The molecule has 0 amide bonds. The van der Waals surface area contributed by atoms with Crippen molar-refractivity contribution in [1.29, 1.82) is 0 Å². The molecule has 6 heteroatoms. The van der Waals surface area contributed by atoms with Crippen molar-refractivity contribution < 1.29 is 29.7 Å². The molecule has 3 N–H and O–H groups in total. The largest absolute Gasteiger partial charge is 0.515 e. The molecule has 6 nitrogen and oxygen atoms in total. The second-order valence-corrected chi connectivity index (χ2v) is 3.07. The Labute approximate surface area is 84.1 Å². The molecular weight excluding hydrogens is 204 g/mol. The predicted molar refractivity (Wildman–Crippen MR) is 47.1 cm³/mol. The van der Waals surface area contributed by atoms with Gasteiger partial charge < -0.3 is 15.3 Å². The Hall–Kier alpha value is -1.95. The number of aliphatic hydroxyl groups is 3. The predicted octanol–water partition coefficient (Wildman–Crippen LogP) is -0.658. The molecule has 80 valence electrons. The van der Waals surface area contributed by atoms with Crippen LogP contribution in [0.1, 0.15) is 6.42 Å². The first-order valence-corrected chi connectivity index (χ1v) is 3.96. The highest BCUT2D eigenvalue weighted by molar-refractivity contribution is 6.33. The first kappa shape index (κ1) is 11.1. The number of rotatable bonds is 1. The zero-order valence-electron chi connectivity index (χ0n) is 7.51. The van der Waals surface area contributed by atoms with Gasteiger partial charge in [0.2, 0.25) is 5.78 Å². The van der Waals surface area contributed by atoms with Crippen LogP contribution in [0.2, 0.25) is 0 Å². The van der Waals surface area contributed by atoms with Crippen molar-refractivity contribution in [3.05, 3.63) is 23.7 Å². The maximum Gasteiger partial charge on any atom is 0.209 e. The minimum absolute atomic E-state index is 0.0330. The van der Waals surface area contributed by atoms with Crippen LogP contribution in [0.4, 0.5) is 0 Å². The molecule has 0 radical (unpaired) electrons. The van der Waals surface area contributed by atoms with Crippen molar-refractivity contribution in [2.75, 3.05) is 0 Å². The molecule has 0 aliphatic heterocycles. The van der Waals surface area contributed by atoms with Crippen LogP contribution in [0.5, 0.6) is 0 Å². The Kier molecular flexibility index (Phi) is 2.71. The summed E-state index contributed by atoms with van der Waals surface area (Å²) >= 11 is 0. The molecule has 0 spiro atoms. The van der Waals surface area contributed by atoms with E-state index in [2.05, 4.69) is 0 Å². The number of carbonyl (C=O) groups is 3. The molecule has 1 unspecified atom stereocenters. The van der Waals surface area contributed by atoms with E-state index in [-0.39, 0.29) is 18.1 Å². The van der Waals surface area contributed by atoms with Gasteiger partial charge in [0.05, 0.1) is 12.5 Å². The molecule has 1 aliphatic rings. The van der Waals surface area contributed by atoms with E-state index >= 15 is 0 Å². The van der Waals surface area contributed by atoms with Gasteiger partial charge in [-0.25, -0.2) is 0 Å². The zero-order valence-corrected chi connectivity index (χ0v) is 7.51. The van der Waals surface area contributed by atoms with Crippen LogP contribution in [-0.2, 0) is 14.4 Å². The van der Waals surface area contributed by atoms with E-state index in [1.807, 2.05) is 0 Å². The average Bonchev–Trinajstić information content (AvgIpc) is 2.24. The lowest BCUT2D eigenvalue weighted by Crippen LogP contribution is -2.47. The third-order valence-corrected chi connectivity index (χ3v) is 2.11. The molecule has 1 rings (SSSR count). The Morgan fingerprint density at radius 3 is 2.20 bits per heavy atom. The number of aldehydes is 1. The van der Waals surface area contributed by atoms with Crippen molar-refractivity contribution >= 4 is 17.9 Å². The summed E-state index contributed by atoms with van der Waals surface area (Å²) in [6.45, 7) is 0. The van der Waals surface area contributed by atoms with E-state index in [1.165, 1.54) is 0 Å². The number of ketones is 2. The van der Waals surface area contributed by atoms with Gasteiger partial charge in [-0.1, -0.05) is 0 Å². The van der Waals surface area contributed by atoms with Crippen LogP contribution in [0.15, 0.2) is 23.7 Å². The fourth-order valence-corrected chi connectivity index (χ4v) is 1.28. The number of aliphatic hydroxyl groups excluding tert-OH is 2. The van der Waals surface area contributed by atoms with Crippen molar-refractivity contribution in [2.45, 2.75) is 12.0 Å². The van der Waals surface area contributed by atoms with Gasteiger partial charge in [-0.05, 0) is 0 Å².